The van der Waals surface area contributed by atoms with Crippen LogP contribution in [0.1, 0.15) is 49.1 Å². The van der Waals surface area contributed by atoms with E-state index < -0.39 is 0 Å². The highest BCUT2D eigenvalue weighted by molar-refractivity contribution is 7.11. The molecule has 1 aromatic rings. The summed E-state index contributed by atoms with van der Waals surface area (Å²) in [7, 11) is 1.55. The van der Waals surface area contributed by atoms with Gasteiger partial charge in [-0.2, -0.15) is 0 Å². The predicted molar refractivity (Wildman–Crippen MR) is 83.9 cm³/mol. The van der Waals surface area contributed by atoms with Crippen molar-refractivity contribution in [3.63, 3.8) is 0 Å². The number of ketones is 1. The summed E-state index contributed by atoms with van der Waals surface area (Å²) in [6, 6.07) is 0.0388. The Hall–Kier alpha value is -1.01. The van der Waals surface area contributed by atoms with E-state index in [-0.39, 0.29) is 11.8 Å². The van der Waals surface area contributed by atoms with E-state index in [1.54, 1.807) is 7.41 Å². The van der Waals surface area contributed by atoms with Gasteiger partial charge in [0, 0.05) is 23.5 Å². The molecule has 4 nitrogen and oxygen atoms in total. The lowest BCUT2D eigenvalue weighted by Crippen LogP contribution is -2.44. The van der Waals surface area contributed by atoms with Gasteiger partial charge in [0.15, 0.2) is 10.8 Å². The van der Waals surface area contributed by atoms with Crippen LogP contribution in [-0.4, -0.2) is 41.8 Å². The topological polar surface area (TPSA) is 50.3 Å². The molecule has 0 fully saturated rings. The SMILES string of the molecule is CCCN([B]C=O)C(CC(=O)c1nc(C)cs1)C(C)C. The van der Waals surface area contributed by atoms with Gasteiger partial charge in [-0.1, -0.05) is 20.8 Å². The lowest BCUT2D eigenvalue weighted by atomic mass is 9.85. The van der Waals surface area contributed by atoms with Gasteiger partial charge in [0.25, 0.3) is 7.41 Å². The fourth-order valence-corrected chi connectivity index (χ4v) is 2.93. The number of Topliss-reactive ketones (excluding diaryl/α,β-unsaturated/α-hetero) is 1. The molecule has 0 aliphatic carbocycles. The van der Waals surface area contributed by atoms with Crippen LogP contribution in [0.3, 0.4) is 0 Å². The molecular weight excluding hydrogens is 271 g/mol. The third-order valence-electron chi connectivity index (χ3n) is 3.18. The molecule has 0 bridgehead atoms. The Bertz CT molecular complexity index is 448. The molecule has 0 amide bonds. The van der Waals surface area contributed by atoms with Crippen LogP contribution in [0.5, 0.6) is 0 Å². The zero-order valence-corrected chi connectivity index (χ0v) is 13.4. The molecule has 1 atom stereocenters. The second-order valence-corrected chi connectivity index (χ2v) is 6.11. The predicted octanol–water partition coefficient (Wildman–Crippen LogP) is 2.57. The number of thiazole rings is 1. The van der Waals surface area contributed by atoms with Crippen LogP contribution >= 0.6 is 11.3 Å². The summed E-state index contributed by atoms with van der Waals surface area (Å²) >= 11 is 1.39. The van der Waals surface area contributed by atoms with E-state index in [4.69, 9.17) is 0 Å². The van der Waals surface area contributed by atoms with Gasteiger partial charge < -0.3 is 9.61 Å². The summed E-state index contributed by atoms with van der Waals surface area (Å²) in [6.45, 7) is 8.89. The van der Waals surface area contributed by atoms with E-state index in [2.05, 4.69) is 25.8 Å². The third-order valence-corrected chi connectivity index (χ3v) is 4.18. The van der Waals surface area contributed by atoms with E-state index in [0.29, 0.717) is 17.3 Å². The molecule has 0 saturated carbocycles. The van der Waals surface area contributed by atoms with E-state index in [0.717, 1.165) is 24.8 Å². The van der Waals surface area contributed by atoms with Gasteiger partial charge >= 0.3 is 0 Å². The molecule has 0 spiro atoms. The van der Waals surface area contributed by atoms with Gasteiger partial charge in [-0.3, -0.25) is 4.79 Å². The number of aryl methyl sites for hydroxylation is 1. The van der Waals surface area contributed by atoms with Crippen molar-refractivity contribution >= 4 is 30.7 Å². The van der Waals surface area contributed by atoms with Crippen molar-refractivity contribution in [2.75, 3.05) is 6.54 Å². The molecule has 109 valence electrons. The Morgan fingerprint density at radius 3 is 2.70 bits per heavy atom. The Morgan fingerprint density at radius 2 is 2.25 bits per heavy atom. The molecule has 0 aromatic carbocycles. The van der Waals surface area contributed by atoms with Crippen LogP contribution < -0.4 is 0 Å². The summed E-state index contributed by atoms with van der Waals surface area (Å²) < 4.78 is 0. The normalized spacial score (nSPS) is 12.7. The largest absolute Gasteiger partial charge is 0.337 e. The second-order valence-electron chi connectivity index (χ2n) is 5.26. The maximum Gasteiger partial charge on any atom is 0.293 e. The van der Waals surface area contributed by atoms with Crippen molar-refractivity contribution in [1.82, 2.24) is 9.79 Å². The van der Waals surface area contributed by atoms with E-state index in [9.17, 15) is 9.59 Å². The Balaban J connectivity index is 2.79. The lowest BCUT2D eigenvalue weighted by Gasteiger charge is -2.32. The fourth-order valence-electron chi connectivity index (χ4n) is 2.18. The molecule has 0 aliphatic heterocycles. The minimum atomic E-state index is 0.0388. The standard InChI is InChI=1S/C14H22BN2O2S/c1-5-6-17(15-9-18)12(10(2)3)7-13(19)14-16-11(4)8-20-14/h8-10,12H,5-7H2,1-4H3. The molecule has 0 saturated heterocycles. The smallest absolute Gasteiger partial charge is 0.293 e. The van der Waals surface area contributed by atoms with Gasteiger partial charge in [-0.05, 0) is 25.8 Å². The molecule has 1 rings (SSSR count). The Kier molecular flexibility index (Phi) is 7.09. The number of nitrogens with zero attached hydrogens (tertiary/aromatic N) is 2. The minimum absolute atomic E-state index is 0.0388. The average molecular weight is 293 g/mol. The number of carbonyl (C=O) groups excluding carboxylic acids is 2. The van der Waals surface area contributed by atoms with Crippen LogP contribution in [0.4, 0.5) is 0 Å². The zero-order valence-electron chi connectivity index (χ0n) is 12.6. The summed E-state index contributed by atoms with van der Waals surface area (Å²) in [5, 5.41) is 2.45. The van der Waals surface area contributed by atoms with E-state index >= 15 is 0 Å². The first-order chi connectivity index (χ1) is 9.49. The highest BCUT2D eigenvalue weighted by Gasteiger charge is 2.25. The van der Waals surface area contributed by atoms with E-state index in [1.165, 1.54) is 11.3 Å². The fraction of sp³-hybridized carbons (Fsp3) is 0.643. The second kappa shape index (κ2) is 8.32. The van der Waals surface area contributed by atoms with Crippen molar-refractivity contribution in [2.24, 2.45) is 5.92 Å². The maximum atomic E-state index is 12.3. The molecule has 1 heterocycles. The Labute approximate surface area is 125 Å². The van der Waals surface area contributed by atoms with Crippen LogP contribution in [0.2, 0.25) is 0 Å². The molecule has 1 radical (unpaired) electrons. The molecule has 0 N–H and O–H groups in total. The zero-order chi connectivity index (χ0) is 15.1. The maximum absolute atomic E-state index is 12.3. The first kappa shape index (κ1) is 17.0. The minimum Gasteiger partial charge on any atom is -0.337 e. The van der Waals surface area contributed by atoms with Gasteiger partial charge in [0.05, 0.1) is 6.19 Å². The van der Waals surface area contributed by atoms with Crippen LogP contribution in [0, 0.1) is 12.8 Å². The van der Waals surface area contributed by atoms with Gasteiger partial charge in [-0.15, -0.1) is 11.3 Å². The number of hydrogen-bond acceptors (Lipinski definition) is 5. The molecular formula is C14H22BN2O2S. The number of carbonyl (C=O) groups is 2. The quantitative estimate of drug-likeness (QED) is 0.399. The number of aromatic nitrogens is 1. The molecule has 1 aromatic heterocycles. The number of hydrogen-bond donors (Lipinski definition) is 0. The molecule has 1 unspecified atom stereocenters. The first-order valence-corrected chi connectivity index (χ1v) is 7.87. The average Bonchev–Trinajstić information content (AvgIpc) is 2.82. The van der Waals surface area contributed by atoms with Crippen molar-refractivity contribution in [2.45, 2.75) is 46.6 Å². The summed E-state index contributed by atoms with van der Waals surface area (Å²) in [4.78, 5) is 29.3. The van der Waals surface area contributed by atoms with Crippen molar-refractivity contribution in [3.8, 4) is 0 Å². The molecule has 6 heteroatoms. The lowest BCUT2D eigenvalue weighted by molar-refractivity contribution is 0.0934. The van der Waals surface area contributed by atoms with E-state index in [1.807, 2.05) is 17.1 Å². The van der Waals surface area contributed by atoms with Crippen LogP contribution in [0.25, 0.3) is 0 Å². The van der Waals surface area contributed by atoms with Gasteiger partial charge in [-0.25, -0.2) is 4.98 Å². The Morgan fingerprint density at radius 1 is 1.55 bits per heavy atom. The van der Waals surface area contributed by atoms with Crippen molar-refractivity contribution < 1.29 is 9.59 Å². The van der Waals surface area contributed by atoms with Crippen LogP contribution in [0.15, 0.2) is 5.38 Å². The highest BCUT2D eigenvalue weighted by Crippen LogP contribution is 2.19. The van der Waals surface area contributed by atoms with Crippen molar-refractivity contribution in [3.05, 3.63) is 16.1 Å². The molecule has 20 heavy (non-hydrogen) atoms. The summed E-state index contributed by atoms with van der Waals surface area (Å²) in [6.07, 6.45) is 2.14. The summed E-state index contributed by atoms with van der Waals surface area (Å²) in [5.41, 5.74) is 0.879. The monoisotopic (exact) mass is 293 g/mol. The third kappa shape index (κ3) is 4.83. The number of rotatable bonds is 9. The van der Waals surface area contributed by atoms with Crippen LogP contribution in [-0.2, 0) is 4.79 Å². The highest BCUT2D eigenvalue weighted by atomic mass is 32.1. The molecule has 0 aliphatic rings. The van der Waals surface area contributed by atoms with Crippen molar-refractivity contribution in [1.29, 1.82) is 0 Å². The van der Waals surface area contributed by atoms with Gasteiger partial charge in [0.2, 0.25) is 0 Å². The van der Waals surface area contributed by atoms with Gasteiger partial charge in [0.1, 0.15) is 0 Å². The first-order valence-electron chi connectivity index (χ1n) is 6.99. The summed E-state index contributed by atoms with van der Waals surface area (Å²) in [5.74, 6) is 0.352.